The van der Waals surface area contributed by atoms with Gasteiger partial charge in [-0.2, -0.15) is 0 Å². The van der Waals surface area contributed by atoms with Gasteiger partial charge in [-0.05, 0) is 52.9 Å². The lowest BCUT2D eigenvalue weighted by Crippen LogP contribution is -2.02. The molecule has 0 amide bonds. The maximum Gasteiger partial charge on any atom is 0.126 e. The summed E-state index contributed by atoms with van der Waals surface area (Å²) in [7, 11) is 1.66. The van der Waals surface area contributed by atoms with Gasteiger partial charge < -0.3 is 10.5 Å². The van der Waals surface area contributed by atoms with Crippen molar-refractivity contribution in [3.8, 4) is 16.9 Å². The number of methoxy groups -OCH3 is 1. The molecule has 4 N–H and O–H groups in total. The third-order valence-electron chi connectivity index (χ3n) is 4.30. The van der Waals surface area contributed by atoms with Crippen LogP contribution in [0.3, 0.4) is 0 Å². The summed E-state index contributed by atoms with van der Waals surface area (Å²) in [5, 5.41) is 9.15. The molecule has 0 aliphatic heterocycles. The van der Waals surface area contributed by atoms with Gasteiger partial charge in [0.15, 0.2) is 0 Å². The zero-order chi connectivity index (χ0) is 17.6. The molecule has 0 atom stereocenters. The highest BCUT2D eigenvalue weighted by Crippen LogP contribution is 2.33. The smallest absolute Gasteiger partial charge is 0.126 e. The molecule has 0 aliphatic rings. The molecule has 0 bridgehead atoms. The maximum absolute atomic E-state index is 9.15. The summed E-state index contributed by atoms with van der Waals surface area (Å²) < 4.78 is 5.52. The van der Waals surface area contributed by atoms with Crippen LogP contribution in [0.25, 0.3) is 11.1 Å². The summed E-state index contributed by atoms with van der Waals surface area (Å²) in [5.74, 6) is 0.797. The normalized spacial score (nSPS) is 10.5. The molecule has 25 heavy (non-hydrogen) atoms. The van der Waals surface area contributed by atoms with Crippen LogP contribution in [0, 0.1) is 0 Å². The van der Waals surface area contributed by atoms with E-state index in [1.165, 1.54) is 11.1 Å². The third kappa shape index (κ3) is 3.82. The van der Waals surface area contributed by atoms with Crippen LogP contribution >= 0.6 is 0 Å². The number of rotatable bonds is 6. The third-order valence-corrected chi connectivity index (χ3v) is 4.30. The first-order valence-electron chi connectivity index (χ1n) is 8.19. The van der Waals surface area contributed by atoms with E-state index >= 15 is 0 Å². The molecule has 0 radical (unpaired) electrons. The van der Waals surface area contributed by atoms with Crippen molar-refractivity contribution in [3.05, 3.63) is 83.4 Å². The van der Waals surface area contributed by atoms with Crippen LogP contribution in [0.1, 0.15) is 16.7 Å². The van der Waals surface area contributed by atoms with Crippen LogP contribution in [0.2, 0.25) is 0 Å². The van der Waals surface area contributed by atoms with Crippen molar-refractivity contribution in [1.82, 2.24) is 0 Å². The summed E-state index contributed by atoms with van der Waals surface area (Å²) in [6.45, 7) is 0.531. The zero-order valence-electron chi connectivity index (χ0n) is 14.2. The van der Waals surface area contributed by atoms with Gasteiger partial charge in [-0.1, -0.05) is 42.5 Å². The second-order valence-electron chi connectivity index (χ2n) is 5.88. The van der Waals surface area contributed by atoms with Gasteiger partial charge in [0.2, 0.25) is 0 Å². The molecule has 4 heteroatoms. The molecular formula is C21H22N2O2. The van der Waals surface area contributed by atoms with Gasteiger partial charge in [-0.3, -0.25) is 10.7 Å². The van der Waals surface area contributed by atoms with Gasteiger partial charge >= 0.3 is 0 Å². The number of anilines is 1. The highest BCUT2D eigenvalue weighted by molar-refractivity contribution is 5.74. The van der Waals surface area contributed by atoms with E-state index in [0.29, 0.717) is 12.2 Å². The van der Waals surface area contributed by atoms with Crippen molar-refractivity contribution in [2.24, 2.45) is 5.73 Å². The molecular weight excluding hydrogens is 312 g/mol. The number of benzene rings is 3. The Hall–Kier alpha value is -2.82. The number of nitrogens with two attached hydrogens (primary N) is 1. The van der Waals surface area contributed by atoms with Crippen molar-refractivity contribution in [1.29, 1.82) is 0 Å². The van der Waals surface area contributed by atoms with Crippen molar-refractivity contribution in [3.63, 3.8) is 0 Å². The van der Waals surface area contributed by atoms with Crippen LogP contribution in [-0.2, 0) is 13.0 Å². The lowest BCUT2D eigenvalue weighted by Gasteiger charge is -2.13. The van der Waals surface area contributed by atoms with Crippen molar-refractivity contribution >= 4 is 5.69 Å². The first kappa shape index (κ1) is 17.0. The van der Waals surface area contributed by atoms with E-state index in [2.05, 4.69) is 29.7 Å². The van der Waals surface area contributed by atoms with E-state index in [4.69, 9.17) is 15.7 Å². The van der Waals surface area contributed by atoms with Crippen molar-refractivity contribution in [2.75, 3.05) is 12.6 Å². The predicted octanol–water partition coefficient (Wildman–Crippen LogP) is 4.21. The van der Waals surface area contributed by atoms with Gasteiger partial charge in [-0.15, -0.1) is 0 Å². The Balaban J connectivity index is 2.00. The van der Waals surface area contributed by atoms with Gasteiger partial charge in [0.25, 0.3) is 0 Å². The fraction of sp³-hybridized carbons (Fsp3) is 0.143. The average Bonchev–Trinajstić information content (AvgIpc) is 2.68. The van der Waals surface area contributed by atoms with Crippen molar-refractivity contribution in [2.45, 2.75) is 13.0 Å². The van der Waals surface area contributed by atoms with Gasteiger partial charge in [0, 0.05) is 12.1 Å². The Morgan fingerprint density at radius 1 is 0.960 bits per heavy atom. The Morgan fingerprint density at radius 3 is 2.48 bits per heavy atom. The fourth-order valence-electron chi connectivity index (χ4n) is 3.00. The highest BCUT2D eigenvalue weighted by atomic mass is 16.5. The van der Waals surface area contributed by atoms with Crippen LogP contribution in [0.5, 0.6) is 5.75 Å². The quantitative estimate of drug-likeness (QED) is 0.591. The minimum Gasteiger partial charge on any atom is -0.496 e. The molecule has 0 saturated heterocycles. The Kier molecular flexibility index (Phi) is 5.33. The monoisotopic (exact) mass is 334 g/mol. The number of nitrogens with one attached hydrogen (secondary N) is 1. The molecule has 4 nitrogen and oxygen atoms in total. The predicted molar refractivity (Wildman–Crippen MR) is 101 cm³/mol. The van der Waals surface area contributed by atoms with E-state index in [1.54, 1.807) is 13.2 Å². The van der Waals surface area contributed by atoms with Crippen LogP contribution in [0.4, 0.5) is 5.69 Å². The first-order valence-corrected chi connectivity index (χ1v) is 8.19. The molecule has 3 rings (SSSR count). The number of hydrogen-bond donors (Lipinski definition) is 3. The van der Waals surface area contributed by atoms with E-state index in [0.717, 1.165) is 28.9 Å². The molecule has 128 valence electrons. The highest BCUT2D eigenvalue weighted by Gasteiger charge is 2.09. The molecule has 3 aromatic carbocycles. The van der Waals surface area contributed by atoms with E-state index < -0.39 is 0 Å². The zero-order valence-corrected chi connectivity index (χ0v) is 14.2. The molecule has 0 unspecified atom stereocenters. The lowest BCUT2D eigenvalue weighted by atomic mass is 9.96. The molecule has 3 aromatic rings. The standard InChI is InChI=1S/C21H22N2O2/c1-25-21-10-9-15(11-16-5-2-3-6-18(16)14-22)12-20(21)17-7-4-8-19(13-17)23-24/h2-10,12-13,23-24H,11,14,22H2,1H3. The SMILES string of the molecule is COc1ccc(Cc2ccccc2CN)cc1-c1cccc(NO)c1. The minimum absolute atomic E-state index is 0.531. The minimum atomic E-state index is 0.531. The largest absolute Gasteiger partial charge is 0.496 e. The maximum atomic E-state index is 9.15. The lowest BCUT2D eigenvalue weighted by molar-refractivity contribution is 0.389. The summed E-state index contributed by atoms with van der Waals surface area (Å²) in [6.07, 6.45) is 0.808. The molecule has 0 aromatic heterocycles. The molecule has 0 aliphatic carbocycles. The van der Waals surface area contributed by atoms with E-state index in [1.807, 2.05) is 36.4 Å². The first-order chi connectivity index (χ1) is 12.2. The van der Waals surface area contributed by atoms with Gasteiger partial charge in [0.1, 0.15) is 5.75 Å². The number of ether oxygens (including phenoxy) is 1. The van der Waals surface area contributed by atoms with Gasteiger partial charge in [-0.25, -0.2) is 0 Å². The summed E-state index contributed by atoms with van der Waals surface area (Å²) in [5.41, 5.74) is 14.2. The van der Waals surface area contributed by atoms with E-state index in [-0.39, 0.29) is 0 Å². The summed E-state index contributed by atoms with van der Waals surface area (Å²) in [4.78, 5) is 0. The van der Waals surface area contributed by atoms with Gasteiger partial charge in [0.05, 0.1) is 12.8 Å². The molecule has 0 saturated carbocycles. The summed E-state index contributed by atoms with van der Waals surface area (Å²) in [6, 6.07) is 22.0. The second-order valence-corrected chi connectivity index (χ2v) is 5.88. The molecule has 0 spiro atoms. The topological polar surface area (TPSA) is 67.5 Å². The van der Waals surface area contributed by atoms with Crippen LogP contribution in [-0.4, -0.2) is 12.3 Å². The Morgan fingerprint density at radius 2 is 1.76 bits per heavy atom. The average molecular weight is 334 g/mol. The molecule has 0 fully saturated rings. The Labute approximate surface area is 147 Å². The fourth-order valence-corrected chi connectivity index (χ4v) is 3.00. The molecule has 0 heterocycles. The van der Waals surface area contributed by atoms with Crippen LogP contribution < -0.4 is 16.0 Å². The van der Waals surface area contributed by atoms with Crippen molar-refractivity contribution < 1.29 is 9.94 Å². The van der Waals surface area contributed by atoms with E-state index in [9.17, 15) is 0 Å². The Bertz CT molecular complexity index is 862. The number of hydrogen-bond acceptors (Lipinski definition) is 4. The van der Waals surface area contributed by atoms with Crippen LogP contribution in [0.15, 0.2) is 66.7 Å². The summed E-state index contributed by atoms with van der Waals surface area (Å²) >= 11 is 0. The second kappa shape index (κ2) is 7.83.